The molecule has 0 spiro atoms. The topological polar surface area (TPSA) is 13.1 Å². The molecule has 1 heteroatoms. The zero-order valence-electron chi connectivity index (χ0n) is 30.2. The van der Waals surface area contributed by atoms with Gasteiger partial charge in [0.2, 0.25) is 0 Å². The first-order valence-corrected chi connectivity index (χ1v) is 15.8. The van der Waals surface area contributed by atoms with E-state index in [4.69, 9.17) is 11.3 Å². The molecule has 0 aliphatic rings. The summed E-state index contributed by atoms with van der Waals surface area (Å²) in [6.45, 7) is 0. The maximum atomic E-state index is 8.66. The minimum absolute atomic E-state index is 0.130. The third-order valence-electron chi connectivity index (χ3n) is 9.53. The van der Waals surface area contributed by atoms with Gasteiger partial charge in [-0.3, -0.25) is 0 Å². The molecule has 0 saturated heterocycles. The zero-order chi connectivity index (χ0) is 35.2. The van der Waals surface area contributed by atoms with E-state index in [1.165, 1.54) is 49.2 Å². The van der Waals surface area contributed by atoms with Crippen molar-refractivity contribution in [2.24, 2.45) is 0 Å². The van der Waals surface area contributed by atoms with Crippen molar-refractivity contribution in [2.75, 3.05) is 0 Å². The number of rotatable bonds is 4. The van der Waals surface area contributed by atoms with Crippen molar-refractivity contribution in [3.05, 3.63) is 170 Å². The van der Waals surface area contributed by atoms with Crippen molar-refractivity contribution in [1.29, 1.82) is 0 Å². The average Bonchev–Trinajstić information content (AvgIpc) is 3.59. The first-order chi connectivity index (χ1) is 25.4. The molecule has 0 fully saturated rings. The van der Waals surface area contributed by atoms with Crippen molar-refractivity contribution in [3.8, 4) is 44.5 Å². The molecular weight excluding hydrogens is 569 g/mol. The molecule has 218 valence electrons. The molecule has 0 bridgehead atoms. The summed E-state index contributed by atoms with van der Waals surface area (Å²) in [5.41, 5.74) is 8.55. The SMILES string of the molecule is [2H]c1c([2H])c([2H])c(-c2cccc3c2oc2cccc(-c4ccc5ccc6c(-c7cccc(-c8ccccc8)c7)ccc7ccc4c5c76)c23)c([2H])c1[2H]. The van der Waals surface area contributed by atoms with Crippen LogP contribution < -0.4 is 0 Å². The quantitative estimate of drug-likeness (QED) is 0.183. The molecule has 1 aromatic heterocycles. The molecule has 0 saturated carbocycles. The fourth-order valence-electron chi connectivity index (χ4n) is 7.44. The average molecular weight is 602 g/mol. The minimum atomic E-state index is -0.417. The highest BCUT2D eigenvalue weighted by atomic mass is 16.3. The van der Waals surface area contributed by atoms with Crippen LogP contribution in [0.3, 0.4) is 0 Å². The lowest BCUT2D eigenvalue weighted by Gasteiger charge is -2.17. The van der Waals surface area contributed by atoms with E-state index >= 15 is 0 Å². The second-order valence-corrected chi connectivity index (χ2v) is 12.1. The van der Waals surface area contributed by atoms with E-state index in [2.05, 4.69) is 103 Å². The lowest BCUT2D eigenvalue weighted by Crippen LogP contribution is -1.90. The Labute approximate surface area is 279 Å². The molecular formula is C46H28O. The Hall–Kier alpha value is -6.18. The van der Waals surface area contributed by atoms with Crippen LogP contribution in [0.2, 0.25) is 0 Å². The van der Waals surface area contributed by atoms with Crippen LogP contribution in [0.1, 0.15) is 6.85 Å². The summed E-state index contributed by atoms with van der Waals surface area (Å²) >= 11 is 0. The van der Waals surface area contributed by atoms with Gasteiger partial charge in [-0.15, -0.1) is 0 Å². The van der Waals surface area contributed by atoms with E-state index in [1.807, 2.05) is 30.3 Å². The number of fused-ring (bicyclic) bond motifs is 3. The molecule has 10 rings (SSSR count). The second-order valence-electron chi connectivity index (χ2n) is 12.1. The van der Waals surface area contributed by atoms with Crippen molar-refractivity contribution >= 4 is 54.3 Å². The molecule has 0 unspecified atom stereocenters. The Bertz CT molecular complexity index is 3040. The van der Waals surface area contributed by atoms with Gasteiger partial charge in [0.15, 0.2) is 0 Å². The highest BCUT2D eigenvalue weighted by Gasteiger charge is 2.19. The zero-order valence-corrected chi connectivity index (χ0v) is 25.2. The maximum Gasteiger partial charge on any atom is 0.143 e. The van der Waals surface area contributed by atoms with Crippen LogP contribution in [0.15, 0.2) is 174 Å². The fraction of sp³-hybridized carbons (Fsp3) is 0. The van der Waals surface area contributed by atoms with E-state index < -0.39 is 6.04 Å². The van der Waals surface area contributed by atoms with E-state index in [0.717, 1.165) is 27.3 Å². The molecule has 10 aromatic rings. The van der Waals surface area contributed by atoms with Crippen molar-refractivity contribution in [3.63, 3.8) is 0 Å². The Morgan fingerprint density at radius 2 is 1.02 bits per heavy atom. The second kappa shape index (κ2) is 10.2. The monoisotopic (exact) mass is 601 g/mol. The molecule has 0 radical (unpaired) electrons. The third kappa shape index (κ3) is 3.97. The molecule has 1 nitrogen and oxygen atoms in total. The number of benzene rings is 9. The van der Waals surface area contributed by atoms with E-state index in [1.54, 1.807) is 6.07 Å². The molecule has 0 N–H and O–H groups in total. The number of hydrogen-bond donors (Lipinski definition) is 0. The Kier molecular flexibility index (Phi) is 4.66. The molecule has 47 heavy (non-hydrogen) atoms. The van der Waals surface area contributed by atoms with Crippen LogP contribution in [-0.4, -0.2) is 0 Å². The summed E-state index contributed by atoms with van der Waals surface area (Å²) in [7, 11) is 0. The summed E-state index contributed by atoms with van der Waals surface area (Å²) < 4.78 is 48.5. The largest absolute Gasteiger partial charge is 0.455 e. The smallest absolute Gasteiger partial charge is 0.143 e. The van der Waals surface area contributed by atoms with Gasteiger partial charge in [0.25, 0.3) is 0 Å². The van der Waals surface area contributed by atoms with Gasteiger partial charge < -0.3 is 4.42 Å². The molecule has 9 aromatic carbocycles. The summed E-state index contributed by atoms with van der Waals surface area (Å²) in [6, 6.07) is 46.9. The highest BCUT2D eigenvalue weighted by Crippen LogP contribution is 2.46. The van der Waals surface area contributed by atoms with Crippen LogP contribution >= 0.6 is 0 Å². The lowest BCUT2D eigenvalue weighted by molar-refractivity contribution is 0.670. The fourth-order valence-corrected chi connectivity index (χ4v) is 7.44. The Balaban J connectivity index is 1.20. The summed E-state index contributed by atoms with van der Waals surface area (Å²) in [4.78, 5) is 0. The Morgan fingerprint density at radius 3 is 1.83 bits per heavy atom. The third-order valence-corrected chi connectivity index (χ3v) is 9.53. The highest BCUT2D eigenvalue weighted by molar-refractivity contribution is 6.29. The van der Waals surface area contributed by atoms with Gasteiger partial charge in [0, 0.05) is 16.3 Å². The van der Waals surface area contributed by atoms with Gasteiger partial charge >= 0.3 is 0 Å². The standard InChI is InChI=1S/C46H28O/c1-3-10-29(11-4-1)33-14-7-15-34(28-33)35-24-20-31-23-27-40-37(25-21-32-22-26-39(35)43(31)44(32)40)38-17-9-19-42-45(38)41-18-8-16-36(46(41)47-42)30-12-5-2-6-13-30/h1-28H/i2D,5D,6D,12D,13D. The van der Waals surface area contributed by atoms with Gasteiger partial charge in [0.05, 0.1) is 6.85 Å². The van der Waals surface area contributed by atoms with Gasteiger partial charge in [-0.05, 0) is 83.4 Å². The molecule has 0 aliphatic heterocycles. The van der Waals surface area contributed by atoms with E-state index in [9.17, 15) is 0 Å². The van der Waals surface area contributed by atoms with Crippen LogP contribution in [-0.2, 0) is 0 Å². The predicted molar refractivity (Wildman–Crippen MR) is 199 cm³/mol. The normalized spacial score (nSPS) is 13.3. The van der Waals surface area contributed by atoms with Gasteiger partial charge in [-0.1, -0.05) is 158 Å². The predicted octanol–water partition coefficient (Wildman–Crippen LogP) is 13.2. The molecule has 0 atom stereocenters. The summed E-state index contributed by atoms with van der Waals surface area (Å²) in [6.07, 6.45) is 0. The summed E-state index contributed by atoms with van der Waals surface area (Å²) in [5.74, 6) is 0. The summed E-state index contributed by atoms with van der Waals surface area (Å²) in [5, 5.41) is 8.86. The molecule has 1 heterocycles. The van der Waals surface area contributed by atoms with Crippen molar-refractivity contribution < 1.29 is 11.3 Å². The molecule has 0 aliphatic carbocycles. The first kappa shape index (κ1) is 21.5. The van der Waals surface area contributed by atoms with Crippen LogP contribution in [0, 0.1) is 0 Å². The van der Waals surface area contributed by atoms with Crippen molar-refractivity contribution in [2.45, 2.75) is 0 Å². The van der Waals surface area contributed by atoms with Crippen LogP contribution in [0.4, 0.5) is 0 Å². The number of para-hydroxylation sites is 1. The lowest BCUT2D eigenvalue weighted by atomic mass is 9.86. The van der Waals surface area contributed by atoms with Crippen molar-refractivity contribution in [1.82, 2.24) is 0 Å². The van der Waals surface area contributed by atoms with E-state index in [-0.39, 0.29) is 29.7 Å². The van der Waals surface area contributed by atoms with Crippen LogP contribution in [0.5, 0.6) is 0 Å². The van der Waals surface area contributed by atoms with Crippen LogP contribution in [0.25, 0.3) is 98.8 Å². The number of hydrogen-bond acceptors (Lipinski definition) is 1. The van der Waals surface area contributed by atoms with Gasteiger partial charge in [-0.2, -0.15) is 0 Å². The molecule has 0 amide bonds. The maximum absolute atomic E-state index is 8.66. The Morgan fingerprint density at radius 1 is 0.383 bits per heavy atom. The number of furan rings is 1. The first-order valence-electron chi connectivity index (χ1n) is 18.3. The van der Waals surface area contributed by atoms with E-state index in [0.29, 0.717) is 16.7 Å². The minimum Gasteiger partial charge on any atom is -0.455 e. The van der Waals surface area contributed by atoms with Gasteiger partial charge in [-0.25, -0.2) is 0 Å². The van der Waals surface area contributed by atoms with Gasteiger partial charge in [0.1, 0.15) is 11.2 Å².